The molecular weight excluding hydrogens is 316 g/mol. The molecule has 0 saturated carbocycles. The van der Waals surface area contributed by atoms with Gasteiger partial charge in [0.05, 0.1) is 16.3 Å². The number of rotatable bonds is 5. The molecule has 1 fully saturated rings. The number of carboxylic acid groups (broad SMARTS) is 1. The third-order valence-corrected chi connectivity index (χ3v) is 4.17. The lowest BCUT2D eigenvalue weighted by atomic mass is 10.1. The zero-order chi connectivity index (χ0) is 15.4. The number of carboxylic acids is 1. The molecule has 0 bridgehead atoms. The van der Waals surface area contributed by atoms with Crippen LogP contribution < -0.4 is 5.32 Å². The number of nitrogens with zero attached hydrogens (tertiary/aromatic N) is 1. The minimum absolute atomic E-state index is 0.0354. The normalized spacial score (nSPS) is 14.3. The largest absolute Gasteiger partial charge is 0.478 e. The molecule has 1 aliphatic rings. The van der Waals surface area contributed by atoms with Crippen LogP contribution in [0.2, 0.25) is 5.02 Å². The molecule has 1 heterocycles. The summed E-state index contributed by atoms with van der Waals surface area (Å²) in [4.78, 5) is 36.0. The number of carbonyl (C=O) groups excluding carboxylic acids is 2. The van der Waals surface area contributed by atoms with Crippen LogP contribution in [0.15, 0.2) is 18.2 Å². The Bertz CT molecular complexity index is 594. The van der Waals surface area contributed by atoms with Gasteiger partial charge in [0.25, 0.3) is 5.24 Å². The summed E-state index contributed by atoms with van der Waals surface area (Å²) in [5.41, 5.74) is 0.0162. The molecule has 2 N–H and O–H groups in total. The average molecular weight is 329 g/mol. The lowest BCUT2D eigenvalue weighted by Gasteiger charge is -2.15. The van der Waals surface area contributed by atoms with E-state index in [9.17, 15) is 14.4 Å². The van der Waals surface area contributed by atoms with Crippen molar-refractivity contribution >= 4 is 46.2 Å². The van der Waals surface area contributed by atoms with E-state index < -0.39 is 5.97 Å². The van der Waals surface area contributed by atoms with Gasteiger partial charge in [0.1, 0.15) is 0 Å². The van der Waals surface area contributed by atoms with Crippen molar-refractivity contribution in [2.24, 2.45) is 0 Å². The highest BCUT2D eigenvalue weighted by atomic mass is 35.5. The maximum absolute atomic E-state index is 11.9. The lowest BCUT2D eigenvalue weighted by molar-refractivity contribution is -0.116. The van der Waals surface area contributed by atoms with Crippen molar-refractivity contribution < 1.29 is 19.5 Å². The first-order chi connectivity index (χ1) is 9.99. The summed E-state index contributed by atoms with van der Waals surface area (Å²) in [5.74, 6) is -0.817. The standard InChI is InChI=1S/C13H13ClN2O4S/c14-9-3-1-2-8(12(18)19)11(9)15-10(17)4-5-16-6-7-21-13(16)20/h1-3H,4-7H2,(H,15,17)(H,18,19). The monoisotopic (exact) mass is 328 g/mol. The second-order valence-electron chi connectivity index (χ2n) is 4.37. The van der Waals surface area contributed by atoms with Crippen molar-refractivity contribution in [2.75, 3.05) is 24.2 Å². The van der Waals surface area contributed by atoms with E-state index in [0.717, 1.165) is 5.75 Å². The molecule has 2 rings (SSSR count). The number of halogens is 1. The topological polar surface area (TPSA) is 86.7 Å². The van der Waals surface area contributed by atoms with Crippen molar-refractivity contribution in [3.8, 4) is 0 Å². The molecule has 112 valence electrons. The van der Waals surface area contributed by atoms with Gasteiger partial charge in [-0.3, -0.25) is 9.59 Å². The average Bonchev–Trinajstić information content (AvgIpc) is 2.84. The Morgan fingerprint density at radius 3 is 2.81 bits per heavy atom. The Balaban J connectivity index is 1.99. The molecule has 0 aromatic heterocycles. The molecule has 0 aliphatic carbocycles. The zero-order valence-electron chi connectivity index (χ0n) is 11.0. The second-order valence-corrected chi connectivity index (χ2v) is 5.82. The van der Waals surface area contributed by atoms with Crippen LogP contribution in [0, 0.1) is 0 Å². The summed E-state index contributed by atoms with van der Waals surface area (Å²) in [6.07, 6.45) is 0.0938. The van der Waals surface area contributed by atoms with E-state index in [2.05, 4.69) is 5.32 Å². The lowest BCUT2D eigenvalue weighted by Crippen LogP contribution is -2.28. The Morgan fingerprint density at radius 2 is 2.19 bits per heavy atom. The molecule has 0 radical (unpaired) electrons. The molecule has 1 aromatic carbocycles. The van der Waals surface area contributed by atoms with E-state index in [4.69, 9.17) is 16.7 Å². The Labute approximate surface area is 130 Å². The van der Waals surface area contributed by atoms with Gasteiger partial charge >= 0.3 is 5.97 Å². The van der Waals surface area contributed by atoms with Crippen LogP contribution >= 0.6 is 23.4 Å². The van der Waals surface area contributed by atoms with E-state index in [1.54, 1.807) is 4.90 Å². The van der Waals surface area contributed by atoms with E-state index in [1.807, 2.05) is 0 Å². The van der Waals surface area contributed by atoms with Gasteiger partial charge in [0.15, 0.2) is 0 Å². The molecule has 21 heavy (non-hydrogen) atoms. The molecule has 8 heteroatoms. The number of hydrogen-bond acceptors (Lipinski definition) is 4. The Morgan fingerprint density at radius 1 is 1.43 bits per heavy atom. The Kier molecular flexibility index (Phi) is 5.08. The van der Waals surface area contributed by atoms with Crippen LogP contribution in [0.5, 0.6) is 0 Å². The van der Waals surface area contributed by atoms with Crippen LogP contribution in [-0.2, 0) is 4.79 Å². The number of aromatic carboxylic acids is 1. The number of amides is 2. The van der Waals surface area contributed by atoms with Gasteiger partial charge in [-0.1, -0.05) is 29.4 Å². The third-order valence-electron chi connectivity index (χ3n) is 2.96. The fraction of sp³-hybridized carbons (Fsp3) is 0.308. The predicted molar refractivity (Wildman–Crippen MR) is 81.1 cm³/mol. The fourth-order valence-corrected chi connectivity index (χ4v) is 2.97. The third kappa shape index (κ3) is 3.89. The van der Waals surface area contributed by atoms with E-state index >= 15 is 0 Å². The van der Waals surface area contributed by atoms with Gasteiger partial charge < -0.3 is 15.3 Å². The van der Waals surface area contributed by atoms with Gasteiger partial charge in [-0.25, -0.2) is 4.79 Å². The SMILES string of the molecule is O=C(CCN1CCSC1=O)Nc1c(Cl)cccc1C(=O)O. The number of carbonyl (C=O) groups is 3. The minimum Gasteiger partial charge on any atom is -0.478 e. The summed E-state index contributed by atoms with van der Waals surface area (Å²) in [7, 11) is 0. The van der Waals surface area contributed by atoms with Gasteiger partial charge in [0, 0.05) is 25.3 Å². The van der Waals surface area contributed by atoms with Crippen molar-refractivity contribution in [1.29, 1.82) is 0 Å². The molecule has 1 aromatic rings. The summed E-state index contributed by atoms with van der Waals surface area (Å²) >= 11 is 7.15. The van der Waals surface area contributed by atoms with Crippen LogP contribution in [0.25, 0.3) is 0 Å². The fourth-order valence-electron chi connectivity index (χ4n) is 1.90. The molecule has 0 spiro atoms. The maximum Gasteiger partial charge on any atom is 0.337 e. The molecule has 1 aliphatic heterocycles. The van der Waals surface area contributed by atoms with Crippen LogP contribution in [-0.4, -0.2) is 46.0 Å². The van der Waals surface area contributed by atoms with Crippen molar-refractivity contribution in [3.05, 3.63) is 28.8 Å². The second kappa shape index (κ2) is 6.82. The first kappa shape index (κ1) is 15.7. The van der Waals surface area contributed by atoms with Gasteiger partial charge in [-0.05, 0) is 12.1 Å². The summed E-state index contributed by atoms with van der Waals surface area (Å²) in [6, 6.07) is 4.37. The molecule has 0 unspecified atom stereocenters. The molecule has 6 nitrogen and oxygen atoms in total. The van der Waals surface area contributed by atoms with E-state index in [0.29, 0.717) is 13.1 Å². The maximum atomic E-state index is 11.9. The predicted octanol–water partition coefficient (Wildman–Crippen LogP) is 2.54. The first-order valence-electron chi connectivity index (χ1n) is 6.22. The van der Waals surface area contributed by atoms with Crippen LogP contribution in [0.1, 0.15) is 16.8 Å². The number of para-hydroxylation sites is 1. The smallest absolute Gasteiger partial charge is 0.337 e. The van der Waals surface area contributed by atoms with Crippen molar-refractivity contribution in [2.45, 2.75) is 6.42 Å². The van der Waals surface area contributed by atoms with E-state index in [-0.39, 0.29) is 33.8 Å². The summed E-state index contributed by atoms with van der Waals surface area (Å²) in [5, 5.41) is 11.7. The number of hydrogen-bond donors (Lipinski definition) is 2. The molecule has 0 atom stereocenters. The molecule has 1 saturated heterocycles. The molecular formula is C13H13ClN2O4S. The number of thioether (sulfide) groups is 1. The number of benzene rings is 1. The van der Waals surface area contributed by atoms with Gasteiger partial charge in [-0.15, -0.1) is 0 Å². The van der Waals surface area contributed by atoms with Gasteiger partial charge in [0.2, 0.25) is 5.91 Å². The molecule has 2 amide bonds. The van der Waals surface area contributed by atoms with Crippen molar-refractivity contribution in [1.82, 2.24) is 4.90 Å². The summed E-state index contributed by atoms with van der Waals surface area (Å²) < 4.78 is 0. The van der Waals surface area contributed by atoms with Crippen LogP contribution in [0.4, 0.5) is 10.5 Å². The number of nitrogens with one attached hydrogen (secondary N) is 1. The quantitative estimate of drug-likeness (QED) is 0.867. The van der Waals surface area contributed by atoms with Gasteiger partial charge in [-0.2, -0.15) is 0 Å². The first-order valence-corrected chi connectivity index (χ1v) is 7.58. The minimum atomic E-state index is -1.17. The highest BCUT2D eigenvalue weighted by Crippen LogP contribution is 2.26. The Hall–Kier alpha value is -1.73. The number of anilines is 1. The summed E-state index contributed by atoms with van der Waals surface area (Å²) in [6.45, 7) is 0.938. The highest BCUT2D eigenvalue weighted by Gasteiger charge is 2.22. The van der Waals surface area contributed by atoms with Crippen LogP contribution in [0.3, 0.4) is 0 Å². The zero-order valence-corrected chi connectivity index (χ0v) is 12.5. The highest BCUT2D eigenvalue weighted by molar-refractivity contribution is 8.13. The van der Waals surface area contributed by atoms with Crippen molar-refractivity contribution in [3.63, 3.8) is 0 Å². The van der Waals surface area contributed by atoms with E-state index in [1.165, 1.54) is 30.0 Å².